The Bertz CT molecular complexity index is 1230. The molecule has 1 aliphatic heterocycles. The van der Waals surface area contributed by atoms with E-state index >= 15 is 0 Å². The third-order valence-corrected chi connectivity index (χ3v) is 8.82. The predicted octanol–water partition coefficient (Wildman–Crippen LogP) is 5.09. The van der Waals surface area contributed by atoms with Crippen molar-refractivity contribution < 1.29 is 33.9 Å². The van der Waals surface area contributed by atoms with Gasteiger partial charge in [0.25, 0.3) is 0 Å². The summed E-state index contributed by atoms with van der Waals surface area (Å²) < 4.78 is 32.5. The molecule has 7 nitrogen and oxygen atoms in total. The van der Waals surface area contributed by atoms with E-state index in [1.165, 1.54) is 7.11 Å². The van der Waals surface area contributed by atoms with Gasteiger partial charge in [-0.25, -0.2) is 0 Å². The van der Waals surface area contributed by atoms with Crippen molar-refractivity contribution in [2.75, 3.05) is 7.11 Å². The first-order valence-electron chi connectivity index (χ1n) is 14.7. The molecule has 0 radical (unpaired) electrons. The maximum Gasteiger partial charge on any atom is 0.169 e. The third kappa shape index (κ3) is 5.60. The van der Waals surface area contributed by atoms with Gasteiger partial charge in [-0.15, -0.1) is 0 Å². The lowest BCUT2D eigenvalue weighted by Crippen LogP contribution is -2.73. The fourth-order valence-corrected chi connectivity index (χ4v) is 6.81. The first kappa shape index (κ1) is 28.5. The van der Waals surface area contributed by atoms with E-state index in [-0.39, 0.29) is 13.2 Å². The van der Waals surface area contributed by atoms with Gasteiger partial charge in [0.2, 0.25) is 0 Å². The molecule has 1 unspecified atom stereocenters. The smallest absolute Gasteiger partial charge is 0.169 e. The average Bonchev–Trinajstić information content (AvgIpc) is 3.37. The number of ether oxygens (including phenoxy) is 5. The summed E-state index contributed by atoms with van der Waals surface area (Å²) in [6.45, 7) is 0.470. The van der Waals surface area contributed by atoms with Crippen molar-refractivity contribution in [3.8, 4) is 0 Å². The molecule has 41 heavy (non-hydrogen) atoms. The van der Waals surface area contributed by atoms with E-state index < -0.39 is 48.0 Å². The van der Waals surface area contributed by atoms with E-state index in [9.17, 15) is 10.2 Å². The highest BCUT2D eigenvalue weighted by Crippen LogP contribution is 2.52. The van der Waals surface area contributed by atoms with Gasteiger partial charge >= 0.3 is 0 Å². The van der Waals surface area contributed by atoms with E-state index in [2.05, 4.69) is 0 Å². The van der Waals surface area contributed by atoms with Crippen molar-refractivity contribution in [1.82, 2.24) is 0 Å². The van der Waals surface area contributed by atoms with Gasteiger partial charge in [0.1, 0.15) is 36.6 Å². The van der Waals surface area contributed by atoms with E-state index in [0.29, 0.717) is 0 Å². The van der Waals surface area contributed by atoms with Gasteiger partial charge < -0.3 is 33.9 Å². The molecule has 2 saturated carbocycles. The lowest BCUT2D eigenvalue weighted by molar-refractivity contribution is -0.300. The lowest BCUT2D eigenvalue weighted by Gasteiger charge is -2.52. The highest BCUT2D eigenvalue weighted by Gasteiger charge is 2.69. The fourth-order valence-electron chi connectivity index (χ4n) is 6.81. The molecular formula is C34H40O7. The summed E-state index contributed by atoms with van der Waals surface area (Å²) in [7, 11) is 1.54. The molecule has 218 valence electrons. The van der Waals surface area contributed by atoms with Crippen molar-refractivity contribution in [2.45, 2.75) is 93.3 Å². The first-order chi connectivity index (χ1) is 20.0. The summed E-state index contributed by atoms with van der Waals surface area (Å²) in [6, 6.07) is 29.0. The predicted molar refractivity (Wildman–Crippen MR) is 153 cm³/mol. The summed E-state index contributed by atoms with van der Waals surface area (Å²) in [6.07, 6.45) is -0.906. The standard InChI is InChI=1S/C34H40O7/c1-37-31(26-18-10-4-11-19-26)34(36)30(35)28(38-22-24-14-6-2-7-15-24)27-29(41-33(40-27)20-12-5-13-21-33)32(34)39-23-25-16-8-3-9-17-25/h2-4,6-11,14-19,27-32,35-36H,5,12-13,20-23H2,1H3/t27-,28-,29+,30-,31?,32-,34+/m0/s1. The molecule has 0 amide bonds. The van der Waals surface area contributed by atoms with Crippen LogP contribution in [0.5, 0.6) is 0 Å². The third-order valence-electron chi connectivity index (χ3n) is 8.82. The van der Waals surface area contributed by atoms with E-state index in [4.69, 9.17) is 23.7 Å². The highest BCUT2D eigenvalue weighted by atomic mass is 16.8. The summed E-state index contributed by atoms with van der Waals surface area (Å²) in [5.74, 6) is -0.795. The molecule has 2 N–H and O–H groups in total. The zero-order valence-electron chi connectivity index (χ0n) is 23.5. The molecule has 3 fully saturated rings. The Morgan fingerprint density at radius 3 is 1.88 bits per heavy atom. The second kappa shape index (κ2) is 12.3. The maximum absolute atomic E-state index is 12.8. The summed E-state index contributed by atoms with van der Waals surface area (Å²) >= 11 is 0. The van der Waals surface area contributed by atoms with Gasteiger partial charge in [0.15, 0.2) is 11.4 Å². The number of aliphatic hydroxyl groups excluding tert-OH is 1. The van der Waals surface area contributed by atoms with Crippen molar-refractivity contribution >= 4 is 0 Å². The molecule has 2 aliphatic carbocycles. The van der Waals surface area contributed by atoms with Gasteiger partial charge in [-0.2, -0.15) is 0 Å². The Morgan fingerprint density at radius 1 is 0.756 bits per heavy atom. The molecule has 1 heterocycles. The molecule has 3 aromatic carbocycles. The number of hydrogen-bond acceptors (Lipinski definition) is 7. The topological polar surface area (TPSA) is 86.6 Å². The molecular weight excluding hydrogens is 520 g/mol. The molecule has 6 rings (SSSR count). The van der Waals surface area contributed by atoms with E-state index in [1.807, 2.05) is 91.0 Å². The number of benzene rings is 3. The second-order valence-corrected chi connectivity index (χ2v) is 11.5. The van der Waals surface area contributed by atoms with Crippen LogP contribution in [-0.2, 0) is 36.9 Å². The fraction of sp³-hybridized carbons (Fsp3) is 0.471. The Balaban J connectivity index is 1.40. The van der Waals surface area contributed by atoms with Gasteiger partial charge in [-0.1, -0.05) is 97.4 Å². The summed E-state index contributed by atoms with van der Waals surface area (Å²) in [5.41, 5.74) is 0.705. The molecule has 1 saturated heterocycles. The second-order valence-electron chi connectivity index (χ2n) is 11.5. The van der Waals surface area contributed by atoms with Crippen LogP contribution >= 0.6 is 0 Å². The van der Waals surface area contributed by atoms with Gasteiger partial charge in [-0.05, 0) is 29.5 Å². The largest absolute Gasteiger partial charge is 0.387 e. The van der Waals surface area contributed by atoms with Crippen LogP contribution < -0.4 is 0 Å². The normalized spacial score (nSPS) is 31.5. The molecule has 7 heteroatoms. The minimum atomic E-state index is -1.92. The molecule has 1 spiro atoms. The number of hydrogen-bond donors (Lipinski definition) is 2. The Labute approximate surface area is 242 Å². The van der Waals surface area contributed by atoms with Gasteiger partial charge in [0.05, 0.1) is 13.2 Å². The Morgan fingerprint density at radius 2 is 1.29 bits per heavy atom. The van der Waals surface area contributed by atoms with Crippen molar-refractivity contribution in [3.05, 3.63) is 108 Å². The van der Waals surface area contributed by atoms with Gasteiger partial charge in [-0.3, -0.25) is 0 Å². The van der Waals surface area contributed by atoms with Crippen LogP contribution in [0.3, 0.4) is 0 Å². The minimum Gasteiger partial charge on any atom is -0.387 e. The number of methoxy groups -OCH3 is 1. The summed E-state index contributed by atoms with van der Waals surface area (Å²) in [5, 5.41) is 24.9. The number of aliphatic hydroxyl groups is 2. The van der Waals surface area contributed by atoms with Crippen LogP contribution in [0.25, 0.3) is 0 Å². The zero-order valence-corrected chi connectivity index (χ0v) is 23.5. The SMILES string of the molecule is COC(c1ccccc1)[C@]1(O)[C@@H](O)[C@@H](OCc2ccccc2)[C@@H]2OC3(CCCCC3)O[C@H]2[C@@H]1OCc1ccccc1. The summed E-state index contributed by atoms with van der Waals surface area (Å²) in [4.78, 5) is 0. The van der Waals surface area contributed by atoms with Crippen LogP contribution in [0.1, 0.15) is 54.9 Å². The number of fused-ring (bicyclic) bond motifs is 1. The average molecular weight is 561 g/mol. The zero-order chi connectivity index (χ0) is 28.3. The molecule has 7 atom stereocenters. The first-order valence-corrected chi connectivity index (χ1v) is 14.7. The monoisotopic (exact) mass is 560 g/mol. The molecule has 0 bridgehead atoms. The highest BCUT2D eigenvalue weighted by molar-refractivity contribution is 5.27. The van der Waals surface area contributed by atoms with Crippen LogP contribution in [0.15, 0.2) is 91.0 Å². The van der Waals surface area contributed by atoms with Crippen molar-refractivity contribution in [3.63, 3.8) is 0 Å². The maximum atomic E-state index is 12.8. The van der Waals surface area contributed by atoms with E-state index in [0.717, 1.165) is 48.8 Å². The number of rotatable bonds is 9. The Kier molecular flexibility index (Phi) is 8.56. The quantitative estimate of drug-likeness (QED) is 0.377. The van der Waals surface area contributed by atoms with Crippen LogP contribution in [0.2, 0.25) is 0 Å². The van der Waals surface area contributed by atoms with Crippen LogP contribution in [0, 0.1) is 0 Å². The molecule has 3 aliphatic rings. The van der Waals surface area contributed by atoms with Crippen LogP contribution in [0.4, 0.5) is 0 Å². The van der Waals surface area contributed by atoms with Crippen molar-refractivity contribution in [1.29, 1.82) is 0 Å². The van der Waals surface area contributed by atoms with Crippen LogP contribution in [-0.4, -0.2) is 59.2 Å². The van der Waals surface area contributed by atoms with Gasteiger partial charge in [0, 0.05) is 20.0 Å². The van der Waals surface area contributed by atoms with E-state index in [1.54, 1.807) is 0 Å². The molecule has 3 aromatic rings. The Hall–Kier alpha value is -2.62. The lowest BCUT2D eigenvalue weighted by atomic mass is 9.70. The molecule has 0 aromatic heterocycles. The minimum absolute atomic E-state index is 0.223. The van der Waals surface area contributed by atoms with Crippen molar-refractivity contribution in [2.24, 2.45) is 0 Å².